The fraction of sp³-hybridized carbons (Fsp3) is 0.400. The monoisotopic (exact) mass is 469 g/mol. The lowest BCUT2D eigenvalue weighted by Crippen LogP contribution is -2.43. The molecule has 33 heavy (non-hydrogen) atoms. The molecular weight excluding hydrogens is 442 g/mol. The van der Waals surface area contributed by atoms with Crippen molar-refractivity contribution in [3.63, 3.8) is 0 Å². The van der Waals surface area contributed by atoms with Crippen LogP contribution >= 0.6 is 11.6 Å². The first-order valence-corrected chi connectivity index (χ1v) is 11.6. The maximum absolute atomic E-state index is 13.5. The van der Waals surface area contributed by atoms with Crippen molar-refractivity contribution in [2.24, 2.45) is 5.92 Å². The summed E-state index contributed by atoms with van der Waals surface area (Å²) in [5.74, 6) is -0.119. The van der Waals surface area contributed by atoms with E-state index in [2.05, 4.69) is 4.98 Å². The van der Waals surface area contributed by atoms with Crippen molar-refractivity contribution in [1.29, 1.82) is 0 Å². The molecule has 1 saturated heterocycles. The van der Waals surface area contributed by atoms with Gasteiger partial charge in [-0.15, -0.1) is 0 Å². The topological polar surface area (TPSA) is 73.1 Å². The summed E-state index contributed by atoms with van der Waals surface area (Å²) in [4.78, 5) is 32.0. The van der Waals surface area contributed by atoms with Crippen LogP contribution in [-0.4, -0.2) is 53.0 Å². The number of hydrogen-bond donors (Lipinski definition) is 0. The van der Waals surface area contributed by atoms with Crippen molar-refractivity contribution in [1.82, 2.24) is 14.3 Å². The highest BCUT2D eigenvalue weighted by Crippen LogP contribution is 2.36. The van der Waals surface area contributed by atoms with Gasteiger partial charge in [-0.25, -0.2) is 4.98 Å². The molecule has 1 fully saturated rings. The number of carbonyl (C=O) groups excluding carboxylic acids is 2. The summed E-state index contributed by atoms with van der Waals surface area (Å²) < 4.78 is 12.7. The van der Waals surface area contributed by atoms with Crippen molar-refractivity contribution >= 4 is 29.1 Å². The van der Waals surface area contributed by atoms with E-state index < -0.39 is 0 Å². The first-order valence-electron chi connectivity index (χ1n) is 11.2. The molecule has 3 heterocycles. The maximum Gasteiger partial charge on any atom is 0.310 e. The van der Waals surface area contributed by atoms with Crippen LogP contribution in [0.5, 0.6) is 5.75 Å². The Labute approximate surface area is 198 Å². The molecule has 4 rings (SSSR count). The molecule has 0 bridgehead atoms. The van der Waals surface area contributed by atoms with Crippen molar-refractivity contribution in [2.45, 2.75) is 32.1 Å². The number of imidazole rings is 1. The van der Waals surface area contributed by atoms with Crippen LogP contribution in [-0.2, 0) is 14.3 Å². The lowest BCUT2D eigenvalue weighted by molar-refractivity contribution is -0.151. The number of benzene rings is 1. The van der Waals surface area contributed by atoms with Crippen molar-refractivity contribution < 1.29 is 19.1 Å². The molecule has 1 aliphatic rings. The van der Waals surface area contributed by atoms with Gasteiger partial charge in [-0.1, -0.05) is 29.8 Å². The summed E-state index contributed by atoms with van der Waals surface area (Å²) in [6.45, 7) is 3.15. The molecule has 0 N–H and O–H groups in total. The number of hydrogen-bond acceptors (Lipinski definition) is 5. The number of likely N-dealkylation sites (tertiary alicyclic amines) is 1. The molecule has 8 heteroatoms. The highest BCUT2D eigenvalue weighted by atomic mass is 35.5. The number of piperidine rings is 1. The molecule has 0 radical (unpaired) electrons. The van der Waals surface area contributed by atoms with Gasteiger partial charge in [0.05, 0.1) is 30.4 Å². The Morgan fingerprint density at radius 1 is 1.24 bits per heavy atom. The number of esters is 1. The normalized spacial score (nSPS) is 17.1. The Bertz CT molecular complexity index is 1150. The van der Waals surface area contributed by atoms with E-state index in [9.17, 15) is 9.59 Å². The predicted molar refractivity (Wildman–Crippen MR) is 126 cm³/mol. The van der Waals surface area contributed by atoms with E-state index in [1.807, 2.05) is 40.9 Å². The zero-order valence-electron chi connectivity index (χ0n) is 18.9. The zero-order valence-corrected chi connectivity index (χ0v) is 19.6. The molecule has 1 aliphatic heterocycles. The highest BCUT2D eigenvalue weighted by Gasteiger charge is 2.32. The molecule has 2 aromatic heterocycles. The average Bonchev–Trinajstić information content (AvgIpc) is 3.25. The molecule has 1 aromatic carbocycles. The summed E-state index contributed by atoms with van der Waals surface area (Å²) in [5, 5.41) is 0.583. The second-order valence-electron chi connectivity index (χ2n) is 8.19. The SMILES string of the molecule is CCOC(=O)C1CCCN(C(=O)CC(c2ccccc2OC)c2cnc3ccc(Cl)cn23)C1. The van der Waals surface area contributed by atoms with Gasteiger partial charge in [0.1, 0.15) is 11.4 Å². The van der Waals surface area contributed by atoms with Crippen LogP contribution in [0.15, 0.2) is 48.8 Å². The van der Waals surface area contributed by atoms with Gasteiger partial charge in [-0.2, -0.15) is 0 Å². The van der Waals surface area contributed by atoms with Crippen molar-refractivity contribution in [3.05, 3.63) is 65.1 Å². The van der Waals surface area contributed by atoms with Crippen molar-refractivity contribution in [2.75, 3.05) is 26.8 Å². The minimum atomic E-state index is -0.301. The number of amides is 1. The minimum Gasteiger partial charge on any atom is -0.496 e. The Hall–Kier alpha value is -3.06. The number of halogens is 1. The Kier molecular flexibility index (Phi) is 7.18. The summed E-state index contributed by atoms with van der Waals surface area (Å²) >= 11 is 6.26. The predicted octanol–water partition coefficient (Wildman–Crippen LogP) is 4.32. The summed E-state index contributed by atoms with van der Waals surface area (Å²) in [6.07, 6.45) is 5.33. The van der Waals surface area contributed by atoms with E-state index in [4.69, 9.17) is 21.1 Å². The third-order valence-electron chi connectivity index (χ3n) is 6.14. The quantitative estimate of drug-likeness (QED) is 0.482. The first-order chi connectivity index (χ1) is 16.0. The summed E-state index contributed by atoms with van der Waals surface area (Å²) in [5.41, 5.74) is 2.50. The molecule has 2 atom stereocenters. The average molecular weight is 470 g/mol. The number of para-hydroxylation sites is 1. The number of rotatable bonds is 7. The summed E-state index contributed by atoms with van der Waals surface area (Å²) in [7, 11) is 1.62. The largest absolute Gasteiger partial charge is 0.496 e. The van der Waals surface area contributed by atoms with Crippen LogP contribution < -0.4 is 4.74 Å². The molecule has 7 nitrogen and oxygen atoms in total. The lowest BCUT2D eigenvalue weighted by Gasteiger charge is -2.32. The number of fused-ring (bicyclic) bond motifs is 1. The highest BCUT2D eigenvalue weighted by molar-refractivity contribution is 6.30. The number of aromatic nitrogens is 2. The van der Waals surface area contributed by atoms with Crippen LogP contribution in [0.4, 0.5) is 0 Å². The first kappa shape index (κ1) is 23.1. The number of carbonyl (C=O) groups is 2. The van der Waals surface area contributed by atoms with Crippen LogP contribution in [0.1, 0.15) is 43.4 Å². The Morgan fingerprint density at radius 3 is 2.85 bits per heavy atom. The smallest absolute Gasteiger partial charge is 0.310 e. The molecule has 174 valence electrons. The molecule has 1 amide bonds. The van der Waals surface area contributed by atoms with Crippen LogP contribution in [0.25, 0.3) is 5.65 Å². The van der Waals surface area contributed by atoms with Gasteiger partial charge in [-0.3, -0.25) is 9.59 Å². The third kappa shape index (κ3) is 4.98. The van der Waals surface area contributed by atoms with Crippen LogP contribution in [0, 0.1) is 5.92 Å². The number of ether oxygens (including phenoxy) is 2. The number of methoxy groups -OCH3 is 1. The van der Waals surface area contributed by atoms with E-state index in [0.29, 0.717) is 30.5 Å². The molecular formula is C25H28ClN3O4. The van der Waals surface area contributed by atoms with Gasteiger partial charge in [0, 0.05) is 43.4 Å². The van der Waals surface area contributed by atoms with Gasteiger partial charge in [0.15, 0.2) is 0 Å². The second kappa shape index (κ2) is 10.3. The summed E-state index contributed by atoms with van der Waals surface area (Å²) in [6, 6.07) is 11.3. The van der Waals surface area contributed by atoms with E-state index in [-0.39, 0.29) is 30.1 Å². The molecule has 0 saturated carbocycles. The third-order valence-corrected chi connectivity index (χ3v) is 6.37. The fourth-order valence-electron chi connectivity index (χ4n) is 4.52. The van der Waals surface area contributed by atoms with Gasteiger partial charge in [0.2, 0.25) is 5.91 Å². The minimum absolute atomic E-state index is 0.0168. The number of nitrogens with zero attached hydrogens (tertiary/aromatic N) is 3. The molecule has 0 spiro atoms. The van der Waals surface area contributed by atoms with Gasteiger partial charge in [-0.05, 0) is 38.0 Å². The second-order valence-corrected chi connectivity index (χ2v) is 8.62. The van der Waals surface area contributed by atoms with E-state index in [1.165, 1.54) is 0 Å². The van der Waals surface area contributed by atoms with Crippen LogP contribution in [0.3, 0.4) is 0 Å². The van der Waals surface area contributed by atoms with Gasteiger partial charge in [0.25, 0.3) is 0 Å². The Balaban J connectivity index is 1.66. The number of pyridine rings is 1. The van der Waals surface area contributed by atoms with Gasteiger partial charge >= 0.3 is 5.97 Å². The van der Waals surface area contributed by atoms with E-state index >= 15 is 0 Å². The van der Waals surface area contributed by atoms with Crippen LogP contribution in [0.2, 0.25) is 5.02 Å². The standard InChI is InChI=1S/C25H28ClN3O4/c1-3-33-25(31)17-7-6-12-28(15-17)24(30)13-20(19-8-4-5-9-22(19)32-2)21-14-27-23-11-10-18(26)16-29(21)23/h4-5,8-11,14,16-17,20H,3,6-7,12-13,15H2,1-2H3. The molecule has 2 unspecified atom stereocenters. The van der Waals surface area contributed by atoms with Crippen molar-refractivity contribution in [3.8, 4) is 5.75 Å². The van der Waals surface area contributed by atoms with E-state index in [1.54, 1.807) is 31.2 Å². The lowest BCUT2D eigenvalue weighted by atomic mass is 9.90. The Morgan fingerprint density at radius 2 is 2.06 bits per heavy atom. The maximum atomic E-state index is 13.5. The van der Waals surface area contributed by atoms with E-state index in [0.717, 1.165) is 29.7 Å². The molecule has 3 aromatic rings. The zero-order chi connectivity index (χ0) is 23.4. The fourth-order valence-corrected chi connectivity index (χ4v) is 4.68. The molecule has 0 aliphatic carbocycles. The van der Waals surface area contributed by atoms with Gasteiger partial charge < -0.3 is 18.8 Å².